The summed E-state index contributed by atoms with van der Waals surface area (Å²) in [6, 6.07) is 14.4. The second-order valence-corrected chi connectivity index (χ2v) is 3.66. The summed E-state index contributed by atoms with van der Waals surface area (Å²) in [7, 11) is 0. The summed E-state index contributed by atoms with van der Waals surface area (Å²) in [6.07, 6.45) is 2.83. The average molecular weight is 201 g/mol. The Balaban J connectivity index is 2.24. The van der Waals surface area contributed by atoms with Crippen LogP contribution in [0.15, 0.2) is 48.7 Å². The maximum Gasteiger partial charge on any atom is 0.103 e. The van der Waals surface area contributed by atoms with Gasteiger partial charge in [-0.3, -0.25) is 0 Å². The topological polar surface area (TPSA) is 15.8 Å². The van der Waals surface area contributed by atoms with Crippen LogP contribution in [0.1, 0.15) is 11.1 Å². The number of benzene rings is 1. The molecule has 1 aromatic heterocycles. The van der Waals surface area contributed by atoms with Crippen LogP contribution in [0.25, 0.3) is 0 Å². The third kappa shape index (κ3) is 2.30. The highest BCUT2D eigenvalue weighted by Crippen LogP contribution is 2.07. The molecule has 1 heterocycles. The van der Waals surface area contributed by atoms with Crippen molar-refractivity contribution in [3.8, 4) is 0 Å². The molecule has 2 rings (SSSR count). The zero-order chi connectivity index (χ0) is 9.80. The number of nitrogens with one attached hydrogen (secondary N) is 1. The molecule has 0 fully saturated rings. The van der Waals surface area contributed by atoms with Crippen LogP contribution in [-0.2, 0) is 6.42 Å². The van der Waals surface area contributed by atoms with Crippen molar-refractivity contribution in [1.82, 2.24) is 4.98 Å². The molecule has 2 aromatic rings. The van der Waals surface area contributed by atoms with Gasteiger partial charge in [-0.2, -0.15) is 0 Å². The molecule has 1 aromatic carbocycles. The van der Waals surface area contributed by atoms with Crippen LogP contribution in [0, 0.1) is 4.64 Å². The minimum atomic E-state index is 0.790. The molecule has 0 bridgehead atoms. The lowest BCUT2D eigenvalue weighted by Gasteiger charge is -2.00. The van der Waals surface area contributed by atoms with Crippen LogP contribution in [0.2, 0.25) is 0 Å². The normalized spacial score (nSPS) is 10.0. The Morgan fingerprint density at radius 2 is 1.79 bits per heavy atom. The largest absolute Gasteiger partial charge is 0.353 e. The molecule has 0 spiro atoms. The Hall–Kier alpha value is -1.41. The molecule has 0 saturated heterocycles. The maximum atomic E-state index is 5.06. The van der Waals surface area contributed by atoms with Crippen molar-refractivity contribution in [2.24, 2.45) is 0 Å². The van der Waals surface area contributed by atoms with Crippen molar-refractivity contribution in [3.05, 3.63) is 64.4 Å². The molecular formula is C12H11NS. The lowest BCUT2D eigenvalue weighted by atomic mass is 10.1. The highest BCUT2D eigenvalue weighted by atomic mass is 32.1. The molecule has 1 N–H and O–H groups in total. The van der Waals surface area contributed by atoms with Gasteiger partial charge >= 0.3 is 0 Å². The predicted molar refractivity (Wildman–Crippen MR) is 60.9 cm³/mol. The first-order valence-corrected chi connectivity index (χ1v) is 4.97. The molecule has 0 saturated carbocycles. The van der Waals surface area contributed by atoms with Crippen LogP contribution in [0.3, 0.4) is 0 Å². The molecule has 0 unspecified atom stereocenters. The number of pyridine rings is 1. The first kappa shape index (κ1) is 9.16. The highest BCUT2D eigenvalue weighted by Gasteiger charge is 1.94. The Kier molecular flexibility index (Phi) is 2.75. The van der Waals surface area contributed by atoms with Crippen LogP contribution in [0.5, 0.6) is 0 Å². The Morgan fingerprint density at radius 3 is 2.50 bits per heavy atom. The van der Waals surface area contributed by atoms with E-state index in [1.54, 1.807) is 0 Å². The van der Waals surface area contributed by atoms with Crippen LogP contribution >= 0.6 is 12.2 Å². The lowest BCUT2D eigenvalue weighted by molar-refractivity contribution is 1.15. The van der Waals surface area contributed by atoms with Crippen molar-refractivity contribution >= 4 is 12.2 Å². The summed E-state index contributed by atoms with van der Waals surface area (Å²) in [5, 5.41) is 0. The lowest BCUT2D eigenvalue weighted by Crippen LogP contribution is -1.87. The van der Waals surface area contributed by atoms with Gasteiger partial charge in [-0.1, -0.05) is 42.5 Å². The molecule has 1 nitrogen and oxygen atoms in total. The van der Waals surface area contributed by atoms with Gasteiger partial charge in [-0.05, 0) is 29.7 Å². The summed E-state index contributed by atoms with van der Waals surface area (Å²) in [5.74, 6) is 0. The molecule has 0 aliphatic heterocycles. The van der Waals surface area contributed by atoms with Gasteiger partial charge in [0.05, 0.1) is 0 Å². The summed E-state index contributed by atoms with van der Waals surface area (Å²) in [6.45, 7) is 0. The van der Waals surface area contributed by atoms with E-state index in [1.807, 2.05) is 18.3 Å². The molecule has 2 heteroatoms. The quantitative estimate of drug-likeness (QED) is 0.737. The van der Waals surface area contributed by atoms with E-state index in [2.05, 4.69) is 35.3 Å². The summed E-state index contributed by atoms with van der Waals surface area (Å²) in [5.41, 5.74) is 2.56. The second kappa shape index (κ2) is 4.20. The number of aromatic amines is 1. The van der Waals surface area contributed by atoms with E-state index in [4.69, 9.17) is 12.2 Å². The monoisotopic (exact) mass is 201 g/mol. The van der Waals surface area contributed by atoms with Gasteiger partial charge in [0.2, 0.25) is 0 Å². The molecule has 0 radical (unpaired) electrons. The zero-order valence-corrected chi connectivity index (χ0v) is 8.55. The molecule has 0 aliphatic carbocycles. The van der Waals surface area contributed by atoms with Gasteiger partial charge in [-0.15, -0.1) is 0 Å². The second-order valence-electron chi connectivity index (χ2n) is 3.22. The Labute approximate surface area is 88.4 Å². The first-order valence-electron chi connectivity index (χ1n) is 4.56. The minimum Gasteiger partial charge on any atom is -0.353 e. The highest BCUT2D eigenvalue weighted by molar-refractivity contribution is 7.71. The van der Waals surface area contributed by atoms with Crippen LogP contribution in [0.4, 0.5) is 0 Å². The molecule has 0 amide bonds. The van der Waals surface area contributed by atoms with Crippen molar-refractivity contribution < 1.29 is 0 Å². The smallest absolute Gasteiger partial charge is 0.103 e. The van der Waals surface area contributed by atoms with Gasteiger partial charge in [-0.25, -0.2) is 0 Å². The SMILES string of the molecule is S=c1cc(Cc2ccccc2)cc[nH]1. The average Bonchev–Trinajstić information content (AvgIpc) is 2.19. The molecular weight excluding hydrogens is 190 g/mol. The van der Waals surface area contributed by atoms with Gasteiger partial charge in [0, 0.05) is 6.20 Å². The van der Waals surface area contributed by atoms with Gasteiger partial charge in [0.15, 0.2) is 0 Å². The maximum absolute atomic E-state index is 5.06. The van der Waals surface area contributed by atoms with E-state index in [9.17, 15) is 0 Å². The third-order valence-corrected chi connectivity index (χ3v) is 2.33. The fourth-order valence-corrected chi connectivity index (χ4v) is 1.65. The zero-order valence-electron chi connectivity index (χ0n) is 7.73. The summed E-state index contributed by atoms with van der Waals surface area (Å²) in [4.78, 5) is 2.97. The molecule has 0 aliphatic rings. The van der Waals surface area contributed by atoms with Crippen molar-refractivity contribution in [3.63, 3.8) is 0 Å². The molecule has 70 valence electrons. The minimum absolute atomic E-state index is 0.790. The fraction of sp³-hybridized carbons (Fsp3) is 0.0833. The van der Waals surface area contributed by atoms with E-state index in [-0.39, 0.29) is 0 Å². The number of rotatable bonds is 2. The molecule has 14 heavy (non-hydrogen) atoms. The van der Waals surface area contributed by atoms with E-state index < -0.39 is 0 Å². The van der Waals surface area contributed by atoms with Gasteiger partial charge in [0.25, 0.3) is 0 Å². The van der Waals surface area contributed by atoms with Gasteiger partial charge in [0.1, 0.15) is 4.64 Å². The molecule has 0 atom stereocenters. The fourth-order valence-electron chi connectivity index (χ4n) is 1.43. The van der Waals surface area contributed by atoms with E-state index in [0.29, 0.717) is 0 Å². The van der Waals surface area contributed by atoms with E-state index in [0.717, 1.165) is 11.1 Å². The van der Waals surface area contributed by atoms with E-state index in [1.165, 1.54) is 11.1 Å². The third-order valence-electron chi connectivity index (χ3n) is 2.09. The number of hydrogen-bond donors (Lipinski definition) is 1. The van der Waals surface area contributed by atoms with Crippen molar-refractivity contribution in [2.45, 2.75) is 6.42 Å². The predicted octanol–water partition coefficient (Wildman–Crippen LogP) is 3.33. The van der Waals surface area contributed by atoms with Crippen LogP contribution in [-0.4, -0.2) is 4.98 Å². The van der Waals surface area contributed by atoms with Crippen molar-refractivity contribution in [1.29, 1.82) is 0 Å². The standard InChI is InChI=1S/C12H11NS/c14-12-9-11(6-7-13-12)8-10-4-2-1-3-5-10/h1-7,9H,8H2,(H,13,14). The Morgan fingerprint density at radius 1 is 1.00 bits per heavy atom. The summed E-state index contributed by atoms with van der Waals surface area (Å²) >= 11 is 5.06. The number of H-pyrrole nitrogens is 1. The van der Waals surface area contributed by atoms with Gasteiger partial charge < -0.3 is 4.98 Å². The first-order chi connectivity index (χ1) is 6.84. The summed E-state index contributed by atoms with van der Waals surface area (Å²) < 4.78 is 0.790. The van der Waals surface area contributed by atoms with Crippen molar-refractivity contribution in [2.75, 3.05) is 0 Å². The Bertz CT molecular complexity index is 459. The van der Waals surface area contributed by atoms with E-state index >= 15 is 0 Å². The van der Waals surface area contributed by atoms with Crippen LogP contribution < -0.4 is 0 Å². The number of hydrogen-bond acceptors (Lipinski definition) is 1. The number of aromatic nitrogens is 1.